The largest absolute Gasteiger partial charge is 0.493 e. The number of nitrogens with one attached hydrogen (secondary N) is 2. The number of hydrogen-bond acceptors (Lipinski definition) is 5. The van der Waals surface area contributed by atoms with Crippen LogP contribution in [-0.2, 0) is 11.3 Å². The summed E-state index contributed by atoms with van der Waals surface area (Å²) in [5.41, 5.74) is 0.826. The summed E-state index contributed by atoms with van der Waals surface area (Å²) in [4.78, 5) is 24.3. The molecular formula is C21H19FN2O5. The van der Waals surface area contributed by atoms with Crippen LogP contribution in [0.25, 0.3) is 0 Å². The van der Waals surface area contributed by atoms with Gasteiger partial charge in [0.1, 0.15) is 11.6 Å². The Morgan fingerprint density at radius 2 is 1.86 bits per heavy atom. The van der Waals surface area contributed by atoms with E-state index in [1.54, 1.807) is 24.3 Å². The molecule has 0 unspecified atom stereocenters. The van der Waals surface area contributed by atoms with Crippen molar-refractivity contribution in [2.24, 2.45) is 0 Å². The van der Waals surface area contributed by atoms with Gasteiger partial charge in [0.05, 0.1) is 19.9 Å². The number of benzene rings is 2. The fourth-order valence-electron chi connectivity index (χ4n) is 2.48. The molecule has 8 heteroatoms. The smallest absolute Gasteiger partial charge is 0.262 e. The molecule has 1 heterocycles. The van der Waals surface area contributed by atoms with E-state index in [2.05, 4.69) is 10.6 Å². The first-order valence-corrected chi connectivity index (χ1v) is 8.72. The summed E-state index contributed by atoms with van der Waals surface area (Å²) in [7, 11) is 1.44. The first-order valence-electron chi connectivity index (χ1n) is 8.72. The monoisotopic (exact) mass is 398 g/mol. The quantitative estimate of drug-likeness (QED) is 0.607. The minimum absolute atomic E-state index is 0.260. The van der Waals surface area contributed by atoms with E-state index in [4.69, 9.17) is 13.9 Å². The van der Waals surface area contributed by atoms with Crippen LogP contribution in [0.15, 0.2) is 65.3 Å². The molecule has 2 aromatic carbocycles. The normalized spacial score (nSPS) is 10.3. The van der Waals surface area contributed by atoms with E-state index in [9.17, 15) is 14.0 Å². The Labute approximate surface area is 166 Å². The molecule has 0 fully saturated rings. The van der Waals surface area contributed by atoms with Gasteiger partial charge < -0.3 is 24.5 Å². The molecule has 7 nitrogen and oxygen atoms in total. The van der Waals surface area contributed by atoms with Gasteiger partial charge in [-0.15, -0.1) is 0 Å². The molecule has 0 radical (unpaired) electrons. The summed E-state index contributed by atoms with van der Waals surface area (Å²) in [6.45, 7) is -0.0201. The van der Waals surface area contributed by atoms with Crippen LogP contribution < -0.4 is 20.1 Å². The second-order valence-electron chi connectivity index (χ2n) is 5.97. The zero-order valence-corrected chi connectivity index (χ0v) is 15.6. The molecule has 0 aliphatic heterocycles. The predicted molar refractivity (Wildman–Crippen MR) is 103 cm³/mol. The van der Waals surface area contributed by atoms with Crippen LogP contribution in [0.1, 0.15) is 16.1 Å². The second-order valence-corrected chi connectivity index (χ2v) is 5.97. The number of carbonyl (C=O) groups excluding carboxylic acids is 2. The first-order chi connectivity index (χ1) is 14.0. The summed E-state index contributed by atoms with van der Waals surface area (Å²) in [5, 5.41) is 5.33. The molecule has 0 aliphatic rings. The summed E-state index contributed by atoms with van der Waals surface area (Å²) >= 11 is 0. The lowest BCUT2D eigenvalue weighted by Crippen LogP contribution is -2.23. The van der Waals surface area contributed by atoms with Gasteiger partial charge in [0.2, 0.25) is 0 Å². The lowest BCUT2D eigenvalue weighted by Gasteiger charge is -2.12. The predicted octanol–water partition coefficient (Wildman–Crippen LogP) is 3.37. The van der Waals surface area contributed by atoms with Gasteiger partial charge >= 0.3 is 0 Å². The van der Waals surface area contributed by atoms with Crippen LogP contribution in [0, 0.1) is 5.82 Å². The topological polar surface area (TPSA) is 89.8 Å². The summed E-state index contributed by atoms with van der Waals surface area (Å²) in [5.74, 6) is 0.142. The third kappa shape index (κ3) is 5.58. The highest BCUT2D eigenvalue weighted by Crippen LogP contribution is 2.28. The first kappa shape index (κ1) is 19.9. The number of rotatable bonds is 8. The van der Waals surface area contributed by atoms with E-state index in [0.29, 0.717) is 28.5 Å². The van der Waals surface area contributed by atoms with Crippen LogP contribution in [-0.4, -0.2) is 25.5 Å². The minimum Gasteiger partial charge on any atom is -0.493 e. The van der Waals surface area contributed by atoms with Gasteiger partial charge in [0, 0.05) is 11.3 Å². The maximum atomic E-state index is 12.9. The van der Waals surface area contributed by atoms with E-state index in [0.717, 1.165) is 0 Å². The Morgan fingerprint density at radius 1 is 1.07 bits per heavy atom. The number of anilines is 1. The zero-order chi connectivity index (χ0) is 20.6. The van der Waals surface area contributed by atoms with E-state index in [1.165, 1.54) is 43.7 Å². The van der Waals surface area contributed by atoms with Crippen LogP contribution >= 0.6 is 0 Å². The Kier molecular flexibility index (Phi) is 6.47. The number of amides is 2. The van der Waals surface area contributed by atoms with Crippen molar-refractivity contribution in [3.8, 4) is 11.5 Å². The van der Waals surface area contributed by atoms with Gasteiger partial charge in [-0.25, -0.2) is 4.39 Å². The van der Waals surface area contributed by atoms with Crippen molar-refractivity contribution < 1.29 is 27.9 Å². The maximum absolute atomic E-state index is 12.9. The Bertz CT molecular complexity index is 971. The summed E-state index contributed by atoms with van der Waals surface area (Å²) in [6, 6.07) is 13.5. The Morgan fingerprint density at radius 3 is 2.55 bits per heavy atom. The number of methoxy groups -OCH3 is 1. The van der Waals surface area contributed by atoms with Crippen molar-refractivity contribution >= 4 is 17.5 Å². The van der Waals surface area contributed by atoms with Gasteiger partial charge in [0.25, 0.3) is 11.8 Å². The Hall–Kier alpha value is -3.81. The molecule has 3 rings (SSSR count). The molecular weight excluding hydrogens is 379 g/mol. The third-order valence-corrected chi connectivity index (χ3v) is 3.92. The lowest BCUT2D eigenvalue weighted by atomic mass is 10.2. The molecule has 150 valence electrons. The van der Waals surface area contributed by atoms with E-state index >= 15 is 0 Å². The van der Waals surface area contributed by atoms with Gasteiger partial charge in [0.15, 0.2) is 18.1 Å². The van der Waals surface area contributed by atoms with Crippen LogP contribution in [0.3, 0.4) is 0 Å². The van der Waals surface area contributed by atoms with E-state index in [1.807, 2.05) is 0 Å². The fourth-order valence-corrected chi connectivity index (χ4v) is 2.48. The van der Waals surface area contributed by atoms with Crippen molar-refractivity contribution in [1.82, 2.24) is 5.32 Å². The number of ether oxygens (including phenoxy) is 2. The standard InChI is InChI=1S/C21H19FN2O5/c1-27-19-11-14(21(26)23-12-17-3-2-10-28-17)4-9-18(19)29-13-20(25)24-16-7-5-15(22)6-8-16/h2-11H,12-13H2,1H3,(H,23,26)(H,24,25). The van der Waals surface area contributed by atoms with Gasteiger partial charge in [-0.1, -0.05) is 0 Å². The lowest BCUT2D eigenvalue weighted by molar-refractivity contribution is -0.118. The maximum Gasteiger partial charge on any atom is 0.262 e. The molecule has 2 N–H and O–H groups in total. The molecule has 0 atom stereocenters. The molecule has 0 bridgehead atoms. The Balaban J connectivity index is 1.57. The summed E-state index contributed by atoms with van der Waals surface area (Å²) in [6.07, 6.45) is 1.53. The molecule has 0 saturated carbocycles. The van der Waals surface area contributed by atoms with Crippen molar-refractivity contribution in [3.05, 3.63) is 78.0 Å². The minimum atomic E-state index is -0.418. The molecule has 29 heavy (non-hydrogen) atoms. The average molecular weight is 398 g/mol. The molecule has 0 aliphatic carbocycles. The van der Waals surface area contributed by atoms with Gasteiger partial charge in [-0.2, -0.15) is 0 Å². The highest BCUT2D eigenvalue weighted by atomic mass is 19.1. The molecule has 0 saturated heterocycles. The molecule has 3 aromatic rings. The van der Waals surface area contributed by atoms with Crippen LogP contribution in [0.2, 0.25) is 0 Å². The number of hydrogen-bond donors (Lipinski definition) is 2. The number of carbonyl (C=O) groups is 2. The van der Waals surface area contributed by atoms with Gasteiger partial charge in [-0.3, -0.25) is 9.59 Å². The average Bonchev–Trinajstić information content (AvgIpc) is 3.25. The molecule has 2 amide bonds. The number of furan rings is 1. The second kappa shape index (κ2) is 9.41. The molecule has 1 aromatic heterocycles. The van der Waals surface area contributed by atoms with Crippen LogP contribution in [0.5, 0.6) is 11.5 Å². The van der Waals surface area contributed by atoms with Gasteiger partial charge in [-0.05, 0) is 54.6 Å². The highest BCUT2D eigenvalue weighted by molar-refractivity contribution is 5.95. The fraction of sp³-hybridized carbons (Fsp3) is 0.143. The summed E-state index contributed by atoms with van der Waals surface area (Å²) < 4.78 is 28.8. The highest BCUT2D eigenvalue weighted by Gasteiger charge is 2.13. The van der Waals surface area contributed by atoms with Crippen molar-refractivity contribution in [2.45, 2.75) is 6.54 Å². The van der Waals surface area contributed by atoms with Crippen molar-refractivity contribution in [3.63, 3.8) is 0 Å². The third-order valence-electron chi connectivity index (χ3n) is 3.92. The van der Waals surface area contributed by atoms with Crippen molar-refractivity contribution in [2.75, 3.05) is 19.0 Å². The van der Waals surface area contributed by atoms with Crippen molar-refractivity contribution in [1.29, 1.82) is 0 Å². The van der Waals surface area contributed by atoms with E-state index < -0.39 is 11.7 Å². The number of halogens is 1. The SMILES string of the molecule is COc1cc(C(=O)NCc2ccco2)ccc1OCC(=O)Nc1ccc(F)cc1. The zero-order valence-electron chi connectivity index (χ0n) is 15.6. The molecule has 0 spiro atoms. The van der Waals surface area contributed by atoms with E-state index in [-0.39, 0.29) is 19.1 Å². The van der Waals surface area contributed by atoms with Crippen LogP contribution in [0.4, 0.5) is 10.1 Å².